The quantitative estimate of drug-likeness (QED) is 0.129. The predicted molar refractivity (Wildman–Crippen MR) is 114 cm³/mol. The minimum Gasteiger partial charge on any atom is -0.726 e. The second kappa shape index (κ2) is 8.16. The van der Waals surface area contributed by atoms with Crippen molar-refractivity contribution in [2.45, 2.75) is 13.8 Å². The number of anilines is 2. The van der Waals surface area contributed by atoms with E-state index < -0.39 is 10.4 Å². The Kier molecular flexibility index (Phi) is 5.83. The van der Waals surface area contributed by atoms with Crippen molar-refractivity contribution < 1.29 is 21.9 Å². The van der Waals surface area contributed by atoms with Crippen LogP contribution in [0.2, 0.25) is 0 Å². The third-order valence-corrected chi connectivity index (χ3v) is 4.54. The van der Waals surface area contributed by atoms with Crippen LogP contribution in [0.3, 0.4) is 0 Å². The smallest absolute Gasteiger partial charge is 0.381 e. The van der Waals surface area contributed by atoms with Gasteiger partial charge in [-0.3, -0.25) is 4.55 Å². The van der Waals surface area contributed by atoms with Crippen LogP contribution >= 0.6 is 0 Å². The number of nitrogen functional groups attached to an aromatic ring is 1. The molecule has 0 fully saturated rings. The number of nitrogens with zero attached hydrogens (tertiary/aromatic N) is 2. The number of fused-ring (bicyclic) bond motifs is 4. The first-order valence-electron chi connectivity index (χ1n) is 8.99. The first-order chi connectivity index (χ1) is 13.7. The summed E-state index contributed by atoms with van der Waals surface area (Å²) in [6.45, 7) is 6.22. The highest BCUT2D eigenvalue weighted by Gasteiger charge is 2.19. The van der Waals surface area contributed by atoms with E-state index >= 15 is 0 Å². The van der Waals surface area contributed by atoms with Crippen molar-refractivity contribution in [3.05, 3.63) is 48.5 Å². The fourth-order valence-electron chi connectivity index (χ4n) is 3.26. The second-order valence-electron chi connectivity index (χ2n) is 6.32. The van der Waals surface area contributed by atoms with E-state index in [1.807, 2.05) is 36.4 Å². The van der Waals surface area contributed by atoms with Gasteiger partial charge in [-0.15, -0.1) is 0 Å². The normalized spacial score (nSPS) is 11.4. The number of aromatic nitrogens is 1. The zero-order valence-corrected chi connectivity index (χ0v) is 16.8. The summed E-state index contributed by atoms with van der Waals surface area (Å²) in [5.74, 6) is 0. The molecule has 0 radical (unpaired) electrons. The Morgan fingerprint density at radius 1 is 1.07 bits per heavy atom. The van der Waals surface area contributed by atoms with Crippen LogP contribution in [-0.2, 0) is 10.4 Å². The second-order valence-corrected chi connectivity index (χ2v) is 7.18. The molecular weight excluding hydrogens is 394 g/mol. The van der Waals surface area contributed by atoms with Crippen LogP contribution in [0.5, 0.6) is 0 Å². The summed E-state index contributed by atoms with van der Waals surface area (Å²) >= 11 is 0. The SMILES string of the molecule is CCN(CC)c1ccc2nc3c(cc(N)c4ccccc43)[o+]c2c1.O=S(=O)([O-])O. The largest absolute Gasteiger partial charge is 0.726 e. The molecule has 0 saturated carbocycles. The Morgan fingerprint density at radius 2 is 1.69 bits per heavy atom. The lowest BCUT2D eigenvalue weighted by atomic mass is 10.1. The Hall–Kier alpha value is -3.01. The van der Waals surface area contributed by atoms with Gasteiger partial charge < -0.3 is 15.2 Å². The zero-order valence-electron chi connectivity index (χ0n) is 16.0. The summed E-state index contributed by atoms with van der Waals surface area (Å²) in [7, 11) is -4.92. The van der Waals surface area contributed by atoms with Crippen LogP contribution in [0.1, 0.15) is 13.8 Å². The van der Waals surface area contributed by atoms with Gasteiger partial charge in [0.25, 0.3) is 0 Å². The van der Waals surface area contributed by atoms with Gasteiger partial charge >= 0.3 is 11.2 Å². The molecule has 0 atom stereocenters. The van der Waals surface area contributed by atoms with Crippen LogP contribution in [-0.4, -0.2) is 35.6 Å². The van der Waals surface area contributed by atoms with E-state index in [4.69, 9.17) is 32.7 Å². The molecule has 1 aromatic heterocycles. The Bertz CT molecular complexity index is 1280. The highest BCUT2D eigenvalue weighted by Crippen LogP contribution is 2.32. The molecule has 3 aromatic carbocycles. The van der Waals surface area contributed by atoms with Gasteiger partial charge in [0.2, 0.25) is 10.4 Å². The summed E-state index contributed by atoms with van der Waals surface area (Å²) in [5.41, 5.74) is 11.2. The summed E-state index contributed by atoms with van der Waals surface area (Å²) < 4.78 is 39.0. The van der Waals surface area contributed by atoms with Gasteiger partial charge in [-0.05, 0) is 26.0 Å². The molecule has 9 heteroatoms. The van der Waals surface area contributed by atoms with Crippen molar-refractivity contribution in [3.8, 4) is 0 Å². The van der Waals surface area contributed by atoms with E-state index in [0.29, 0.717) is 5.69 Å². The number of rotatable bonds is 3. The number of benzene rings is 3. The lowest BCUT2D eigenvalue weighted by Crippen LogP contribution is -2.21. The molecule has 8 nitrogen and oxygen atoms in total. The maximum Gasteiger partial charge on any atom is 0.381 e. The number of hydrogen-bond acceptors (Lipinski definition) is 6. The van der Waals surface area contributed by atoms with Crippen LogP contribution < -0.4 is 10.6 Å². The molecule has 0 amide bonds. The Balaban J connectivity index is 0.000000431. The first kappa shape index (κ1) is 20.7. The van der Waals surface area contributed by atoms with Gasteiger partial charge in [-0.2, -0.15) is 0 Å². The molecule has 1 heterocycles. The van der Waals surface area contributed by atoms with Gasteiger partial charge in [-0.1, -0.05) is 24.3 Å². The van der Waals surface area contributed by atoms with Crippen molar-refractivity contribution in [2.75, 3.05) is 23.7 Å². The number of hydrogen-bond donors (Lipinski definition) is 2. The lowest BCUT2D eigenvalue weighted by Gasteiger charge is -2.19. The van der Waals surface area contributed by atoms with Crippen molar-refractivity contribution in [3.63, 3.8) is 0 Å². The molecule has 3 N–H and O–H groups in total. The highest BCUT2D eigenvalue weighted by molar-refractivity contribution is 7.79. The maximum atomic E-state index is 8.63. The third kappa shape index (κ3) is 4.70. The molecule has 0 aliphatic carbocycles. The zero-order chi connectivity index (χ0) is 21.2. The molecule has 0 aliphatic rings. The Labute approximate surface area is 168 Å². The molecule has 0 aliphatic heterocycles. The third-order valence-electron chi connectivity index (χ3n) is 4.54. The fourth-order valence-corrected chi connectivity index (χ4v) is 3.26. The summed E-state index contributed by atoms with van der Waals surface area (Å²) in [6, 6.07) is 16.1. The molecule has 29 heavy (non-hydrogen) atoms. The average Bonchev–Trinajstić information content (AvgIpc) is 2.67. The summed E-state index contributed by atoms with van der Waals surface area (Å²) in [4.78, 5) is 7.12. The van der Waals surface area contributed by atoms with Gasteiger partial charge in [0.1, 0.15) is 0 Å². The van der Waals surface area contributed by atoms with E-state index in [2.05, 4.69) is 30.9 Å². The summed E-state index contributed by atoms with van der Waals surface area (Å²) in [6.07, 6.45) is 0. The van der Waals surface area contributed by atoms with Crippen molar-refractivity contribution in [1.82, 2.24) is 4.98 Å². The van der Waals surface area contributed by atoms with Crippen LogP contribution in [0.25, 0.3) is 33.0 Å². The van der Waals surface area contributed by atoms with E-state index in [-0.39, 0.29) is 0 Å². The van der Waals surface area contributed by atoms with E-state index in [1.165, 1.54) is 0 Å². The standard InChI is InChI=1S/C20H20N3O.H2O4S/c1-3-23(4-2)13-9-10-17-18(11-13)24-19-12-16(21)14-7-5-6-8-15(14)20(19)22-17;1-5(2,3)4/h5-12H,3-4,21H2,1-2H3;(H2,1,2,3,4)/q+1;/p-1. The molecule has 0 spiro atoms. The molecule has 0 bridgehead atoms. The minimum absolute atomic E-state index is 0.711. The van der Waals surface area contributed by atoms with Crippen molar-refractivity contribution in [1.29, 1.82) is 0 Å². The minimum atomic E-state index is -4.92. The van der Waals surface area contributed by atoms with Gasteiger partial charge in [0.15, 0.2) is 11.0 Å². The first-order valence-corrected chi connectivity index (χ1v) is 10.4. The van der Waals surface area contributed by atoms with E-state index in [0.717, 1.165) is 51.7 Å². The molecular formula is C20H21N3O5S. The van der Waals surface area contributed by atoms with Crippen LogP contribution in [0.15, 0.2) is 52.9 Å². The van der Waals surface area contributed by atoms with E-state index in [9.17, 15) is 0 Å². The molecule has 0 saturated heterocycles. The maximum absolute atomic E-state index is 8.63. The predicted octanol–water partition coefficient (Wildman–Crippen LogP) is 3.85. The van der Waals surface area contributed by atoms with E-state index in [1.54, 1.807) is 0 Å². The Morgan fingerprint density at radius 3 is 2.31 bits per heavy atom. The highest BCUT2D eigenvalue weighted by atomic mass is 32.3. The van der Waals surface area contributed by atoms with Crippen LogP contribution in [0.4, 0.5) is 11.4 Å². The van der Waals surface area contributed by atoms with Gasteiger partial charge in [-0.25, -0.2) is 17.8 Å². The van der Waals surface area contributed by atoms with Crippen molar-refractivity contribution in [2.24, 2.45) is 0 Å². The monoisotopic (exact) mass is 415 g/mol. The lowest BCUT2D eigenvalue weighted by molar-refractivity contribution is 0.366. The molecule has 4 aromatic rings. The van der Waals surface area contributed by atoms with Crippen molar-refractivity contribution >= 4 is 54.7 Å². The fraction of sp³-hybridized carbons (Fsp3) is 0.200. The molecule has 0 unspecified atom stereocenters. The van der Waals surface area contributed by atoms with Crippen LogP contribution in [0, 0.1) is 0 Å². The molecule has 152 valence electrons. The van der Waals surface area contributed by atoms with Gasteiger partial charge in [0.05, 0.1) is 12.1 Å². The number of nitrogens with two attached hydrogens (primary N) is 1. The topological polar surface area (TPSA) is 131 Å². The summed E-state index contributed by atoms with van der Waals surface area (Å²) in [5, 5.41) is 2.03. The molecule has 4 rings (SSSR count). The van der Waals surface area contributed by atoms with Gasteiger partial charge in [0, 0.05) is 35.2 Å². The average molecular weight is 415 g/mol.